The van der Waals surface area contributed by atoms with Crippen LogP contribution in [0.2, 0.25) is 0 Å². The highest BCUT2D eigenvalue weighted by Crippen LogP contribution is 2.23. The van der Waals surface area contributed by atoms with Gasteiger partial charge in [0.15, 0.2) is 0 Å². The molecule has 2 aromatic rings. The summed E-state index contributed by atoms with van der Waals surface area (Å²) in [6.45, 7) is 0. The van der Waals surface area contributed by atoms with Crippen LogP contribution >= 0.6 is 34.4 Å². The molecule has 2 aromatic carbocycles. The van der Waals surface area contributed by atoms with Gasteiger partial charge < -0.3 is 5.11 Å². The van der Waals surface area contributed by atoms with Crippen molar-refractivity contribution in [3.63, 3.8) is 0 Å². The molecule has 0 fully saturated rings. The second-order valence-electron chi connectivity index (χ2n) is 3.74. The van der Waals surface area contributed by atoms with Crippen molar-refractivity contribution in [2.75, 3.05) is 0 Å². The first kappa shape index (κ1) is 13.4. The number of rotatable bonds is 4. The van der Waals surface area contributed by atoms with E-state index in [-0.39, 0.29) is 0 Å². The Labute approximate surface area is 124 Å². The van der Waals surface area contributed by atoms with Crippen molar-refractivity contribution in [2.45, 2.75) is 10.6 Å². The van der Waals surface area contributed by atoms with E-state index in [4.69, 9.17) is 5.11 Å². The van der Waals surface area contributed by atoms with Gasteiger partial charge in [0.1, 0.15) is 0 Å². The molecule has 0 radical (unpaired) electrons. The Morgan fingerprint density at radius 2 is 1.67 bits per heavy atom. The van der Waals surface area contributed by atoms with E-state index >= 15 is 0 Å². The van der Waals surface area contributed by atoms with Crippen molar-refractivity contribution in [3.05, 3.63) is 63.2 Å². The quantitative estimate of drug-likeness (QED) is 0.645. The van der Waals surface area contributed by atoms with Crippen molar-refractivity contribution in [2.24, 2.45) is 0 Å². The van der Waals surface area contributed by atoms with Gasteiger partial charge in [-0.25, -0.2) is 4.79 Å². The molecule has 4 heteroatoms. The van der Waals surface area contributed by atoms with E-state index in [2.05, 4.69) is 46.9 Å². The summed E-state index contributed by atoms with van der Waals surface area (Å²) in [7, 11) is 0. The van der Waals surface area contributed by atoms with Gasteiger partial charge in [-0.15, -0.1) is 11.8 Å². The van der Waals surface area contributed by atoms with Crippen LogP contribution in [-0.2, 0) is 5.75 Å². The zero-order chi connectivity index (χ0) is 13.0. The summed E-state index contributed by atoms with van der Waals surface area (Å²) in [4.78, 5) is 11.8. The highest BCUT2D eigenvalue weighted by Gasteiger charge is 2.02. The SMILES string of the molecule is O=C(O)c1ccc(SCc2ccc(I)cc2)cc1. The third-order valence-electron chi connectivity index (χ3n) is 2.42. The van der Waals surface area contributed by atoms with E-state index in [1.807, 2.05) is 12.1 Å². The maximum absolute atomic E-state index is 10.7. The third-order valence-corrected chi connectivity index (χ3v) is 4.22. The van der Waals surface area contributed by atoms with Crippen LogP contribution in [0, 0.1) is 3.57 Å². The Bertz CT molecular complexity index is 535. The first-order chi connectivity index (χ1) is 8.65. The fourth-order valence-electron chi connectivity index (χ4n) is 1.44. The highest BCUT2D eigenvalue weighted by atomic mass is 127. The molecule has 0 spiro atoms. The third kappa shape index (κ3) is 3.74. The van der Waals surface area contributed by atoms with Gasteiger partial charge in [0.25, 0.3) is 0 Å². The number of carboxylic acids is 1. The standard InChI is InChI=1S/C14H11IO2S/c15-12-5-1-10(2-6-12)9-18-13-7-3-11(4-8-13)14(16)17/h1-8H,9H2,(H,16,17). The van der Waals surface area contributed by atoms with E-state index in [1.54, 1.807) is 23.9 Å². The van der Waals surface area contributed by atoms with Gasteiger partial charge in [-0.2, -0.15) is 0 Å². The Morgan fingerprint density at radius 1 is 1.06 bits per heavy atom. The molecule has 92 valence electrons. The second-order valence-corrected chi connectivity index (χ2v) is 6.04. The van der Waals surface area contributed by atoms with E-state index in [9.17, 15) is 4.79 Å². The molecule has 0 heterocycles. The number of aromatic carboxylic acids is 1. The largest absolute Gasteiger partial charge is 0.478 e. The second kappa shape index (κ2) is 6.24. The minimum atomic E-state index is -0.885. The molecule has 0 aliphatic heterocycles. The van der Waals surface area contributed by atoms with Crippen molar-refractivity contribution in [3.8, 4) is 0 Å². The Kier molecular flexibility index (Phi) is 4.66. The number of hydrogen-bond donors (Lipinski definition) is 1. The minimum Gasteiger partial charge on any atom is -0.478 e. The molecule has 0 saturated heterocycles. The van der Waals surface area contributed by atoms with Gasteiger partial charge in [-0.1, -0.05) is 12.1 Å². The fourth-order valence-corrected chi connectivity index (χ4v) is 2.65. The van der Waals surface area contributed by atoms with E-state index in [0.717, 1.165) is 10.6 Å². The first-order valence-corrected chi connectivity index (χ1v) is 7.42. The van der Waals surface area contributed by atoms with Gasteiger partial charge in [0, 0.05) is 14.2 Å². The molecular weight excluding hydrogens is 359 g/mol. The van der Waals surface area contributed by atoms with Crippen molar-refractivity contribution in [1.82, 2.24) is 0 Å². The van der Waals surface area contributed by atoms with E-state index in [0.29, 0.717) is 5.56 Å². The average Bonchev–Trinajstić information content (AvgIpc) is 2.38. The lowest BCUT2D eigenvalue weighted by Crippen LogP contribution is -1.94. The number of benzene rings is 2. The lowest BCUT2D eigenvalue weighted by molar-refractivity contribution is 0.0697. The molecule has 0 unspecified atom stereocenters. The van der Waals surface area contributed by atoms with Crippen LogP contribution in [0.1, 0.15) is 15.9 Å². The number of halogens is 1. The zero-order valence-corrected chi connectivity index (χ0v) is 12.4. The summed E-state index contributed by atoms with van der Waals surface area (Å²) < 4.78 is 1.23. The van der Waals surface area contributed by atoms with Crippen LogP contribution in [0.25, 0.3) is 0 Å². The van der Waals surface area contributed by atoms with Crippen LogP contribution in [0.4, 0.5) is 0 Å². The van der Waals surface area contributed by atoms with Gasteiger partial charge in [-0.05, 0) is 64.6 Å². The van der Waals surface area contributed by atoms with Gasteiger partial charge in [0.2, 0.25) is 0 Å². The van der Waals surface area contributed by atoms with Crippen LogP contribution in [0.15, 0.2) is 53.4 Å². The Hall–Kier alpha value is -1.01. The molecule has 0 saturated carbocycles. The predicted octanol–water partition coefficient (Wildman–Crippen LogP) is 4.28. The summed E-state index contributed by atoms with van der Waals surface area (Å²) in [5.41, 5.74) is 1.59. The maximum atomic E-state index is 10.7. The summed E-state index contributed by atoms with van der Waals surface area (Å²) in [6, 6.07) is 15.4. The normalized spacial score (nSPS) is 10.3. The summed E-state index contributed by atoms with van der Waals surface area (Å²) in [5.74, 6) is 0.00719. The molecule has 0 aliphatic rings. The van der Waals surface area contributed by atoms with Gasteiger partial charge in [-0.3, -0.25) is 0 Å². The maximum Gasteiger partial charge on any atom is 0.335 e. The monoisotopic (exact) mass is 370 g/mol. The summed E-state index contributed by atoms with van der Waals surface area (Å²) in [5, 5.41) is 8.80. The molecule has 0 aliphatic carbocycles. The molecule has 18 heavy (non-hydrogen) atoms. The number of hydrogen-bond acceptors (Lipinski definition) is 2. The topological polar surface area (TPSA) is 37.3 Å². The van der Waals surface area contributed by atoms with E-state index in [1.165, 1.54) is 9.13 Å². The van der Waals surface area contributed by atoms with Crippen molar-refractivity contribution in [1.29, 1.82) is 0 Å². The molecule has 0 amide bonds. The molecule has 2 rings (SSSR count). The fraction of sp³-hybridized carbons (Fsp3) is 0.0714. The van der Waals surface area contributed by atoms with Crippen LogP contribution < -0.4 is 0 Å². The smallest absolute Gasteiger partial charge is 0.335 e. The first-order valence-electron chi connectivity index (χ1n) is 5.36. The highest BCUT2D eigenvalue weighted by molar-refractivity contribution is 14.1. The summed E-state index contributed by atoms with van der Waals surface area (Å²) >= 11 is 3.99. The number of carboxylic acid groups (broad SMARTS) is 1. The molecular formula is C14H11IO2S. The molecule has 0 aromatic heterocycles. The Balaban J connectivity index is 1.97. The molecule has 2 nitrogen and oxygen atoms in total. The number of carbonyl (C=O) groups is 1. The Morgan fingerprint density at radius 3 is 2.22 bits per heavy atom. The van der Waals surface area contributed by atoms with Gasteiger partial charge >= 0.3 is 5.97 Å². The molecule has 1 N–H and O–H groups in total. The van der Waals surface area contributed by atoms with Crippen LogP contribution in [-0.4, -0.2) is 11.1 Å². The predicted molar refractivity (Wildman–Crippen MR) is 82.1 cm³/mol. The van der Waals surface area contributed by atoms with Crippen LogP contribution in [0.5, 0.6) is 0 Å². The molecule has 0 atom stereocenters. The van der Waals surface area contributed by atoms with Crippen LogP contribution in [0.3, 0.4) is 0 Å². The average molecular weight is 370 g/mol. The number of thioether (sulfide) groups is 1. The van der Waals surface area contributed by atoms with Crippen molar-refractivity contribution < 1.29 is 9.90 Å². The van der Waals surface area contributed by atoms with E-state index < -0.39 is 5.97 Å². The summed E-state index contributed by atoms with van der Waals surface area (Å²) in [6.07, 6.45) is 0. The van der Waals surface area contributed by atoms with Crippen molar-refractivity contribution >= 4 is 40.3 Å². The lowest BCUT2D eigenvalue weighted by atomic mass is 10.2. The zero-order valence-electron chi connectivity index (χ0n) is 9.47. The minimum absolute atomic E-state index is 0.327. The lowest BCUT2D eigenvalue weighted by Gasteiger charge is -2.03. The van der Waals surface area contributed by atoms with Gasteiger partial charge in [0.05, 0.1) is 5.56 Å². The molecule has 0 bridgehead atoms.